The molecule has 194 valence electrons. The third-order valence-corrected chi connectivity index (χ3v) is 6.79. The Morgan fingerprint density at radius 2 is 1.92 bits per heavy atom. The number of benzene rings is 3. The Labute approximate surface area is 223 Å². The Bertz CT molecular complexity index is 1560. The summed E-state index contributed by atoms with van der Waals surface area (Å²) in [6.45, 7) is -0.299. The molecule has 1 N–H and O–H groups in total. The van der Waals surface area contributed by atoms with Gasteiger partial charge in [0.25, 0.3) is 11.5 Å². The molecule has 1 heterocycles. The van der Waals surface area contributed by atoms with E-state index >= 15 is 0 Å². The van der Waals surface area contributed by atoms with Gasteiger partial charge in [0, 0.05) is 11.6 Å². The van der Waals surface area contributed by atoms with Crippen LogP contribution in [0.5, 0.6) is 5.75 Å². The molecule has 1 aromatic heterocycles. The molecule has 0 saturated heterocycles. The minimum atomic E-state index is -0.448. The number of nitrogens with zero attached hydrogens (tertiary/aromatic N) is 3. The molecule has 1 aliphatic carbocycles. The van der Waals surface area contributed by atoms with Crippen LogP contribution in [0.25, 0.3) is 10.9 Å². The van der Waals surface area contributed by atoms with Gasteiger partial charge < -0.3 is 10.1 Å². The van der Waals surface area contributed by atoms with Gasteiger partial charge in [-0.3, -0.25) is 9.59 Å². The normalized spacial score (nSPS) is 14.2. The molecule has 0 bridgehead atoms. The van der Waals surface area contributed by atoms with Crippen molar-refractivity contribution in [3.8, 4) is 5.75 Å². The van der Waals surface area contributed by atoms with Crippen molar-refractivity contribution in [2.45, 2.75) is 38.0 Å². The highest BCUT2D eigenvalue weighted by Gasteiger charge is 2.22. The van der Waals surface area contributed by atoms with Crippen LogP contribution in [0.1, 0.15) is 49.4 Å². The molecule has 4 aromatic rings. The number of aromatic nitrogens is 2. The zero-order valence-electron chi connectivity index (χ0n) is 20.6. The van der Waals surface area contributed by atoms with Crippen molar-refractivity contribution in [2.24, 2.45) is 5.10 Å². The van der Waals surface area contributed by atoms with Crippen LogP contribution in [0.2, 0.25) is 5.02 Å². The molecular formula is C29H26ClFN4O3. The van der Waals surface area contributed by atoms with Gasteiger partial charge in [0.15, 0.2) is 6.61 Å². The van der Waals surface area contributed by atoms with Crippen LogP contribution in [-0.4, -0.2) is 28.4 Å². The maximum Gasteiger partial charge on any atom is 0.282 e. The number of carbonyl (C=O) groups excluding carboxylic acids is 1. The number of halogens is 2. The molecule has 1 saturated carbocycles. The topological polar surface area (TPSA) is 85.6 Å². The fourth-order valence-corrected chi connectivity index (χ4v) is 4.87. The first-order valence-corrected chi connectivity index (χ1v) is 12.9. The summed E-state index contributed by atoms with van der Waals surface area (Å²) >= 11 is 6.39. The molecule has 0 atom stereocenters. The number of ether oxygens (including phenoxy) is 1. The van der Waals surface area contributed by atoms with Gasteiger partial charge in [0.2, 0.25) is 0 Å². The summed E-state index contributed by atoms with van der Waals surface area (Å²) in [5.41, 5.74) is 1.46. The first-order chi connectivity index (χ1) is 18.5. The van der Waals surface area contributed by atoms with E-state index in [1.165, 1.54) is 29.3 Å². The maximum absolute atomic E-state index is 13.3. The molecule has 0 unspecified atom stereocenters. The Hall–Kier alpha value is -4.04. The summed E-state index contributed by atoms with van der Waals surface area (Å²) < 4.78 is 20.3. The molecule has 9 heteroatoms. The van der Waals surface area contributed by atoms with E-state index in [1.807, 2.05) is 18.2 Å². The summed E-state index contributed by atoms with van der Waals surface area (Å²) in [5, 5.41) is 7.89. The molecule has 3 aromatic carbocycles. The van der Waals surface area contributed by atoms with Crippen molar-refractivity contribution in [3.05, 3.63) is 99.3 Å². The number of nitrogens with one attached hydrogen (secondary N) is 1. The standard InChI is InChI=1S/C29H26ClFN4O3/c30-24-15-19(13-14-26(24)38-18-27(36)33-22-10-6-9-21(31)16-22)17-32-35-28(20-7-2-1-3-8-20)34-25-12-5-4-11-23(25)29(35)37/h4-6,9-17,20H,1-3,7-8,18H2,(H,33,36). The van der Waals surface area contributed by atoms with Gasteiger partial charge >= 0.3 is 0 Å². The van der Waals surface area contributed by atoms with Crippen molar-refractivity contribution in [1.82, 2.24) is 9.66 Å². The van der Waals surface area contributed by atoms with Crippen molar-refractivity contribution in [3.63, 3.8) is 0 Å². The summed E-state index contributed by atoms with van der Waals surface area (Å²) in [7, 11) is 0. The second kappa shape index (κ2) is 11.6. The first-order valence-electron chi connectivity index (χ1n) is 12.5. The lowest BCUT2D eigenvalue weighted by atomic mass is 9.88. The van der Waals surface area contributed by atoms with E-state index in [1.54, 1.807) is 36.5 Å². The molecule has 1 amide bonds. The number of fused-ring (bicyclic) bond motifs is 1. The second-order valence-corrected chi connectivity index (χ2v) is 9.63. The third-order valence-electron chi connectivity index (χ3n) is 6.49. The van der Waals surface area contributed by atoms with E-state index in [9.17, 15) is 14.0 Å². The third kappa shape index (κ3) is 5.92. The number of carbonyl (C=O) groups is 1. The van der Waals surface area contributed by atoms with Crippen molar-refractivity contribution >= 4 is 40.3 Å². The minimum Gasteiger partial charge on any atom is -0.482 e. The van der Waals surface area contributed by atoms with E-state index in [2.05, 4.69) is 10.4 Å². The Morgan fingerprint density at radius 1 is 1.11 bits per heavy atom. The van der Waals surface area contributed by atoms with E-state index in [-0.39, 0.29) is 23.1 Å². The summed E-state index contributed by atoms with van der Waals surface area (Å²) in [5.74, 6) is 0.272. The lowest BCUT2D eigenvalue weighted by molar-refractivity contribution is -0.118. The number of anilines is 1. The van der Waals surface area contributed by atoms with Gasteiger partial charge in [-0.05, 0) is 66.9 Å². The molecule has 7 nitrogen and oxygen atoms in total. The maximum atomic E-state index is 13.3. The lowest BCUT2D eigenvalue weighted by Crippen LogP contribution is -2.25. The SMILES string of the molecule is O=C(COc1ccc(C=Nn2c(C3CCCCC3)nc3ccccc3c2=O)cc1Cl)Nc1cccc(F)c1. The second-order valence-electron chi connectivity index (χ2n) is 9.22. The monoisotopic (exact) mass is 532 g/mol. The number of amides is 1. The smallest absolute Gasteiger partial charge is 0.282 e. The molecule has 5 rings (SSSR count). The fraction of sp³-hybridized carbons (Fsp3) is 0.241. The van der Waals surface area contributed by atoms with E-state index in [0.29, 0.717) is 33.7 Å². The number of hydrogen-bond acceptors (Lipinski definition) is 5. The van der Waals surface area contributed by atoms with Gasteiger partial charge in [-0.2, -0.15) is 9.78 Å². The molecule has 0 aliphatic heterocycles. The van der Waals surface area contributed by atoms with Crippen molar-refractivity contribution in [1.29, 1.82) is 0 Å². The van der Waals surface area contributed by atoms with Crippen molar-refractivity contribution in [2.75, 3.05) is 11.9 Å². The minimum absolute atomic E-state index is 0.177. The average Bonchev–Trinajstić information content (AvgIpc) is 2.92. The van der Waals surface area contributed by atoms with Gasteiger partial charge in [0.1, 0.15) is 17.4 Å². The number of hydrogen-bond donors (Lipinski definition) is 1. The molecular weight excluding hydrogens is 507 g/mol. The van der Waals surface area contributed by atoms with Crippen molar-refractivity contribution < 1.29 is 13.9 Å². The van der Waals surface area contributed by atoms with E-state index in [4.69, 9.17) is 21.3 Å². The highest BCUT2D eigenvalue weighted by atomic mass is 35.5. The van der Waals surface area contributed by atoms with E-state index in [0.717, 1.165) is 25.7 Å². The predicted octanol–water partition coefficient (Wildman–Crippen LogP) is 6.14. The molecule has 1 fully saturated rings. The van der Waals surface area contributed by atoms with Crippen LogP contribution in [0.15, 0.2) is 76.6 Å². The summed E-state index contributed by atoms with van der Waals surface area (Å²) in [4.78, 5) is 30.3. The summed E-state index contributed by atoms with van der Waals surface area (Å²) in [6.07, 6.45) is 6.92. The van der Waals surface area contributed by atoms with Crippen LogP contribution in [0, 0.1) is 5.82 Å². The van der Waals surface area contributed by atoms with Gasteiger partial charge in [-0.1, -0.05) is 49.1 Å². The molecule has 0 spiro atoms. The van der Waals surface area contributed by atoms with Crippen LogP contribution in [-0.2, 0) is 4.79 Å². The highest BCUT2D eigenvalue weighted by Crippen LogP contribution is 2.32. The molecule has 0 radical (unpaired) electrons. The predicted molar refractivity (Wildman–Crippen MR) is 147 cm³/mol. The molecule has 1 aliphatic rings. The van der Waals surface area contributed by atoms with Crippen LogP contribution in [0.4, 0.5) is 10.1 Å². The molecule has 38 heavy (non-hydrogen) atoms. The van der Waals surface area contributed by atoms with E-state index < -0.39 is 11.7 Å². The zero-order valence-corrected chi connectivity index (χ0v) is 21.3. The van der Waals surface area contributed by atoms with Crippen LogP contribution < -0.4 is 15.6 Å². The van der Waals surface area contributed by atoms with Gasteiger partial charge in [-0.25, -0.2) is 9.37 Å². The zero-order chi connectivity index (χ0) is 26.5. The fourth-order valence-electron chi connectivity index (χ4n) is 4.62. The first kappa shape index (κ1) is 25.6. The van der Waals surface area contributed by atoms with Gasteiger partial charge in [-0.15, -0.1) is 0 Å². The Morgan fingerprint density at radius 3 is 2.71 bits per heavy atom. The number of rotatable bonds is 7. The average molecular weight is 533 g/mol. The van der Waals surface area contributed by atoms with Crippen LogP contribution in [0.3, 0.4) is 0 Å². The van der Waals surface area contributed by atoms with Crippen LogP contribution >= 0.6 is 11.6 Å². The number of para-hydroxylation sites is 1. The largest absolute Gasteiger partial charge is 0.482 e. The Balaban J connectivity index is 1.33. The summed E-state index contributed by atoms with van der Waals surface area (Å²) in [6, 6.07) is 17.9. The van der Waals surface area contributed by atoms with Gasteiger partial charge in [0.05, 0.1) is 22.1 Å². The quantitative estimate of drug-likeness (QED) is 0.290. The lowest BCUT2D eigenvalue weighted by Gasteiger charge is -2.22. The Kier molecular flexibility index (Phi) is 7.79. The highest BCUT2D eigenvalue weighted by molar-refractivity contribution is 6.32.